The van der Waals surface area contributed by atoms with E-state index in [4.69, 9.17) is 4.74 Å². The molecule has 20 heavy (non-hydrogen) atoms. The highest BCUT2D eigenvalue weighted by atomic mass is 16.5. The van der Waals surface area contributed by atoms with E-state index in [0.29, 0.717) is 12.6 Å². The molecule has 1 aromatic heterocycles. The molecule has 1 aromatic rings. The molecule has 2 aliphatic rings. The van der Waals surface area contributed by atoms with Crippen molar-refractivity contribution in [2.45, 2.75) is 18.9 Å². The zero-order valence-electron chi connectivity index (χ0n) is 11.8. The summed E-state index contributed by atoms with van der Waals surface area (Å²) in [6.45, 7) is 5.65. The number of likely N-dealkylation sites (tertiary alicyclic amines) is 1. The van der Waals surface area contributed by atoms with Crippen molar-refractivity contribution in [3.8, 4) is 0 Å². The first kappa shape index (κ1) is 13.6. The van der Waals surface area contributed by atoms with E-state index < -0.39 is 0 Å². The molecule has 1 amide bonds. The van der Waals surface area contributed by atoms with E-state index in [1.165, 1.54) is 0 Å². The average Bonchev–Trinajstić information content (AvgIpc) is 3.08. The van der Waals surface area contributed by atoms with Gasteiger partial charge in [-0.3, -0.25) is 14.4 Å². The minimum atomic E-state index is 0.130. The molecule has 3 heterocycles. The normalized spacial score (nSPS) is 25.1. The monoisotopic (exact) mass is 278 g/mol. The van der Waals surface area contributed by atoms with Gasteiger partial charge in [0.15, 0.2) is 0 Å². The largest absolute Gasteiger partial charge is 0.372 e. The fourth-order valence-electron chi connectivity index (χ4n) is 2.96. The van der Waals surface area contributed by atoms with Crippen LogP contribution in [-0.4, -0.2) is 71.4 Å². The number of aromatic nitrogens is 2. The highest BCUT2D eigenvalue weighted by Crippen LogP contribution is 2.20. The van der Waals surface area contributed by atoms with Gasteiger partial charge < -0.3 is 9.64 Å². The molecular weight excluding hydrogens is 256 g/mol. The molecule has 0 N–H and O–H groups in total. The quantitative estimate of drug-likeness (QED) is 0.799. The summed E-state index contributed by atoms with van der Waals surface area (Å²) in [6.07, 6.45) is 5.95. The number of ether oxygens (including phenoxy) is 1. The lowest BCUT2D eigenvalue weighted by atomic mass is 10.3. The fraction of sp³-hybridized carbons (Fsp3) is 0.714. The van der Waals surface area contributed by atoms with E-state index in [9.17, 15) is 4.79 Å². The van der Waals surface area contributed by atoms with Crippen molar-refractivity contribution in [3.63, 3.8) is 0 Å². The number of hydrogen-bond donors (Lipinski definition) is 0. The van der Waals surface area contributed by atoms with E-state index in [1.807, 2.05) is 28.0 Å². The third-order valence-electron chi connectivity index (χ3n) is 4.13. The first-order valence-corrected chi connectivity index (χ1v) is 7.40. The topological polar surface area (TPSA) is 50.6 Å². The number of nitrogens with zero attached hydrogens (tertiary/aromatic N) is 4. The zero-order chi connectivity index (χ0) is 13.8. The summed E-state index contributed by atoms with van der Waals surface area (Å²) >= 11 is 0. The molecule has 0 radical (unpaired) electrons. The summed E-state index contributed by atoms with van der Waals surface area (Å²) in [5.74, 6) is 0.130. The molecule has 1 unspecified atom stereocenters. The predicted octanol–water partition coefficient (Wildman–Crippen LogP) is 0.379. The Labute approximate surface area is 119 Å². The minimum absolute atomic E-state index is 0.130. The van der Waals surface area contributed by atoms with Gasteiger partial charge in [0.05, 0.1) is 6.04 Å². The lowest BCUT2D eigenvalue weighted by molar-refractivity contribution is -0.134. The summed E-state index contributed by atoms with van der Waals surface area (Å²) in [4.78, 5) is 16.2. The van der Waals surface area contributed by atoms with Crippen molar-refractivity contribution in [2.24, 2.45) is 0 Å². The maximum Gasteiger partial charge on any atom is 0.248 e. The summed E-state index contributed by atoms with van der Waals surface area (Å²) in [6, 6.07) is 2.45. The molecule has 0 aliphatic carbocycles. The van der Waals surface area contributed by atoms with Crippen LogP contribution in [0.4, 0.5) is 0 Å². The molecule has 0 aromatic carbocycles. The van der Waals surface area contributed by atoms with Gasteiger partial charge in [0.25, 0.3) is 0 Å². The molecule has 6 heteroatoms. The van der Waals surface area contributed by atoms with Gasteiger partial charge in [0.1, 0.15) is 6.61 Å². The summed E-state index contributed by atoms with van der Waals surface area (Å²) in [5.41, 5.74) is 0. The standard InChI is InChI=1S/C14H22N4O2/c19-14-12-20-10-2-5-17(14)9-8-16-7-3-13(11-16)18-6-1-4-15-18/h1,4,6,13H,2-3,5,7-12H2. The van der Waals surface area contributed by atoms with Crippen molar-refractivity contribution in [2.75, 3.05) is 45.9 Å². The minimum Gasteiger partial charge on any atom is -0.372 e. The van der Waals surface area contributed by atoms with Crippen molar-refractivity contribution >= 4 is 5.91 Å². The van der Waals surface area contributed by atoms with Crippen molar-refractivity contribution in [3.05, 3.63) is 18.5 Å². The van der Waals surface area contributed by atoms with Gasteiger partial charge in [-0.05, 0) is 18.9 Å². The van der Waals surface area contributed by atoms with Crippen molar-refractivity contribution in [1.29, 1.82) is 0 Å². The second kappa shape index (κ2) is 6.37. The van der Waals surface area contributed by atoms with Crippen LogP contribution in [0.25, 0.3) is 0 Å². The van der Waals surface area contributed by atoms with E-state index >= 15 is 0 Å². The first-order valence-electron chi connectivity index (χ1n) is 7.40. The molecule has 0 saturated carbocycles. The molecule has 6 nitrogen and oxygen atoms in total. The number of carbonyl (C=O) groups is 1. The molecule has 2 saturated heterocycles. The van der Waals surface area contributed by atoms with Crippen LogP contribution in [0.2, 0.25) is 0 Å². The van der Waals surface area contributed by atoms with Crippen LogP contribution in [0, 0.1) is 0 Å². The Morgan fingerprint density at radius 3 is 3.15 bits per heavy atom. The van der Waals surface area contributed by atoms with Gasteiger partial charge in [-0.25, -0.2) is 0 Å². The van der Waals surface area contributed by atoms with Gasteiger partial charge in [-0.1, -0.05) is 0 Å². The maximum absolute atomic E-state index is 11.8. The smallest absolute Gasteiger partial charge is 0.248 e. The van der Waals surface area contributed by atoms with Gasteiger partial charge >= 0.3 is 0 Å². The average molecular weight is 278 g/mol. The number of hydrogen-bond acceptors (Lipinski definition) is 4. The second-order valence-electron chi connectivity index (χ2n) is 5.52. The maximum atomic E-state index is 11.8. The highest BCUT2D eigenvalue weighted by Gasteiger charge is 2.25. The van der Waals surface area contributed by atoms with Crippen molar-refractivity contribution < 1.29 is 9.53 Å². The number of amides is 1. The Balaban J connectivity index is 1.46. The third kappa shape index (κ3) is 3.19. The molecule has 110 valence electrons. The second-order valence-corrected chi connectivity index (χ2v) is 5.52. The van der Waals surface area contributed by atoms with Gasteiger partial charge in [-0.15, -0.1) is 0 Å². The van der Waals surface area contributed by atoms with E-state index in [2.05, 4.69) is 10.00 Å². The van der Waals surface area contributed by atoms with Crippen LogP contribution < -0.4 is 0 Å². The zero-order valence-corrected chi connectivity index (χ0v) is 11.8. The first-order chi connectivity index (χ1) is 9.83. The van der Waals surface area contributed by atoms with Crippen LogP contribution in [0.1, 0.15) is 18.9 Å². The number of rotatable bonds is 4. The predicted molar refractivity (Wildman–Crippen MR) is 74.3 cm³/mol. The van der Waals surface area contributed by atoms with Gasteiger partial charge in [0.2, 0.25) is 5.91 Å². The van der Waals surface area contributed by atoms with Gasteiger partial charge in [0, 0.05) is 51.7 Å². The molecule has 1 atom stereocenters. The lowest BCUT2D eigenvalue weighted by Gasteiger charge is -2.23. The highest BCUT2D eigenvalue weighted by molar-refractivity contribution is 5.77. The Morgan fingerprint density at radius 2 is 2.30 bits per heavy atom. The van der Waals surface area contributed by atoms with Crippen LogP contribution in [-0.2, 0) is 9.53 Å². The molecule has 0 bridgehead atoms. The molecule has 2 aliphatic heterocycles. The Hall–Kier alpha value is -1.40. The van der Waals surface area contributed by atoms with Crippen LogP contribution >= 0.6 is 0 Å². The number of carbonyl (C=O) groups excluding carboxylic acids is 1. The Bertz CT molecular complexity index is 434. The van der Waals surface area contributed by atoms with Crippen LogP contribution in [0.5, 0.6) is 0 Å². The van der Waals surface area contributed by atoms with E-state index in [-0.39, 0.29) is 12.5 Å². The van der Waals surface area contributed by atoms with Gasteiger partial charge in [-0.2, -0.15) is 5.10 Å². The van der Waals surface area contributed by atoms with E-state index in [0.717, 1.165) is 45.6 Å². The van der Waals surface area contributed by atoms with E-state index in [1.54, 1.807) is 0 Å². The molecule has 2 fully saturated rings. The fourth-order valence-corrected chi connectivity index (χ4v) is 2.96. The van der Waals surface area contributed by atoms with Crippen LogP contribution in [0.3, 0.4) is 0 Å². The van der Waals surface area contributed by atoms with Crippen LogP contribution in [0.15, 0.2) is 18.5 Å². The molecule has 3 rings (SSSR count). The van der Waals surface area contributed by atoms with Crippen molar-refractivity contribution in [1.82, 2.24) is 19.6 Å². The molecular formula is C14H22N4O2. The summed E-state index contributed by atoms with van der Waals surface area (Å²) in [7, 11) is 0. The summed E-state index contributed by atoms with van der Waals surface area (Å²) in [5, 5.41) is 4.32. The summed E-state index contributed by atoms with van der Waals surface area (Å²) < 4.78 is 7.30. The molecule has 0 spiro atoms. The lowest BCUT2D eigenvalue weighted by Crippen LogP contribution is -2.39. The Morgan fingerprint density at radius 1 is 1.35 bits per heavy atom. The SMILES string of the molecule is O=C1COCCCN1CCN1CCC(n2cccn2)C1. The Kier molecular flexibility index (Phi) is 4.32. The third-order valence-corrected chi connectivity index (χ3v) is 4.13.